The molecule has 2 amide bonds. The van der Waals surface area contributed by atoms with E-state index in [0.29, 0.717) is 12.3 Å². The molecule has 1 saturated heterocycles. The zero-order valence-corrected chi connectivity index (χ0v) is 13.2. The SMILES string of the molecule is CC(C)C1=CCCc2c1n(C)c(=O)n2[C@H]1CCC(=O)NC1=O. The van der Waals surface area contributed by atoms with Crippen molar-refractivity contribution in [3.8, 4) is 0 Å². The van der Waals surface area contributed by atoms with Crippen LogP contribution in [-0.4, -0.2) is 20.9 Å². The number of allylic oxidation sites excluding steroid dienone is 2. The predicted octanol–water partition coefficient (Wildman–Crippen LogP) is 1.15. The minimum atomic E-state index is -0.577. The zero-order valence-electron chi connectivity index (χ0n) is 13.2. The van der Waals surface area contributed by atoms with Crippen LogP contribution < -0.4 is 11.0 Å². The van der Waals surface area contributed by atoms with Gasteiger partial charge in [0.25, 0.3) is 0 Å². The second kappa shape index (κ2) is 5.26. The molecule has 2 aliphatic rings. The van der Waals surface area contributed by atoms with Gasteiger partial charge in [-0.15, -0.1) is 0 Å². The molecule has 1 fully saturated rings. The third-order valence-corrected chi connectivity index (χ3v) is 4.56. The second-order valence-electron chi connectivity index (χ2n) is 6.33. The van der Waals surface area contributed by atoms with E-state index in [1.54, 1.807) is 16.2 Å². The van der Waals surface area contributed by atoms with Gasteiger partial charge >= 0.3 is 5.69 Å². The fraction of sp³-hybridized carbons (Fsp3) is 0.562. The number of amides is 2. The number of carbonyl (C=O) groups excluding carboxylic acids is 2. The number of nitrogens with one attached hydrogen (secondary N) is 1. The van der Waals surface area contributed by atoms with E-state index in [-0.39, 0.29) is 23.9 Å². The van der Waals surface area contributed by atoms with Crippen molar-refractivity contribution in [2.45, 2.75) is 45.6 Å². The topological polar surface area (TPSA) is 73.1 Å². The van der Waals surface area contributed by atoms with E-state index >= 15 is 0 Å². The van der Waals surface area contributed by atoms with Crippen molar-refractivity contribution in [2.75, 3.05) is 0 Å². The Morgan fingerprint density at radius 2 is 1.95 bits per heavy atom. The molecule has 1 aromatic heterocycles. The molecule has 1 aliphatic heterocycles. The van der Waals surface area contributed by atoms with Crippen LogP contribution in [0.5, 0.6) is 0 Å². The molecule has 3 rings (SSSR count). The minimum absolute atomic E-state index is 0.173. The molecular formula is C16H21N3O3. The first kappa shape index (κ1) is 14.8. The largest absolute Gasteiger partial charge is 0.329 e. The van der Waals surface area contributed by atoms with Gasteiger partial charge in [0.05, 0.1) is 5.69 Å². The Kier molecular flexibility index (Phi) is 3.54. The highest BCUT2D eigenvalue weighted by molar-refractivity contribution is 5.99. The summed E-state index contributed by atoms with van der Waals surface area (Å²) < 4.78 is 3.25. The number of imidazole rings is 1. The van der Waals surface area contributed by atoms with Crippen LogP contribution in [-0.2, 0) is 23.1 Å². The van der Waals surface area contributed by atoms with Gasteiger partial charge in [0.15, 0.2) is 0 Å². The van der Waals surface area contributed by atoms with Crippen molar-refractivity contribution in [2.24, 2.45) is 13.0 Å². The van der Waals surface area contributed by atoms with E-state index in [1.165, 1.54) is 0 Å². The summed E-state index contributed by atoms with van der Waals surface area (Å²) in [5, 5.41) is 2.34. The Morgan fingerprint density at radius 3 is 2.59 bits per heavy atom. The molecule has 2 heterocycles. The maximum absolute atomic E-state index is 12.7. The van der Waals surface area contributed by atoms with E-state index in [2.05, 4.69) is 25.2 Å². The average molecular weight is 303 g/mol. The smallest absolute Gasteiger partial charge is 0.295 e. The molecule has 0 unspecified atom stereocenters. The molecule has 0 aromatic carbocycles. The summed E-state index contributed by atoms with van der Waals surface area (Å²) >= 11 is 0. The Morgan fingerprint density at radius 1 is 1.23 bits per heavy atom. The number of aromatic nitrogens is 2. The third kappa shape index (κ3) is 2.14. The molecule has 0 spiro atoms. The molecule has 0 radical (unpaired) electrons. The first-order valence-electron chi connectivity index (χ1n) is 7.76. The van der Waals surface area contributed by atoms with E-state index in [4.69, 9.17) is 0 Å². The fourth-order valence-electron chi connectivity index (χ4n) is 3.50. The number of fused-ring (bicyclic) bond motifs is 1. The van der Waals surface area contributed by atoms with Gasteiger partial charge in [0.1, 0.15) is 6.04 Å². The van der Waals surface area contributed by atoms with Gasteiger partial charge in [-0.3, -0.25) is 24.0 Å². The lowest BCUT2D eigenvalue weighted by Crippen LogP contribution is -2.44. The zero-order chi connectivity index (χ0) is 16.0. The van der Waals surface area contributed by atoms with E-state index in [1.807, 2.05) is 0 Å². The van der Waals surface area contributed by atoms with Gasteiger partial charge < -0.3 is 0 Å². The summed E-state index contributed by atoms with van der Waals surface area (Å²) in [6.45, 7) is 4.21. The van der Waals surface area contributed by atoms with Crippen LogP contribution in [0.15, 0.2) is 10.9 Å². The molecule has 22 heavy (non-hydrogen) atoms. The molecule has 1 aliphatic carbocycles. The Hall–Kier alpha value is -2.11. The van der Waals surface area contributed by atoms with Gasteiger partial charge in [-0.05, 0) is 30.8 Å². The normalized spacial score (nSPS) is 21.6. The molecular weight excluding hydrogens is 282 g/mol. The number of piperidine rings is 1. The number of hydrogen-bond donors (Lipinski definition) is 1. The quantitative estimate of drug-likeness (QED) is 0.833. The number of carbonyl (C=O) groups is 2. The van der Waals surface area contributed by atoms with Gasteiger partial charge in [0, 0.05) is 19.2 Å². The first-order chi connectivity index (χ1) is 10.4. The Balaban J connectivity index is 2.14. The van der Waals surface area contributed by atoms with Crippen LogP contribution in [0, 0.1) is 5.92 Å². The molecule has 118 valence electrons. The van der Waals surface area contributed by atoms with Crippen LogP contribution >= 0.6 is 0 Å². The minimum Gasteiger partial charge on any atom is -0.295 e. The van der Waals surface area contributed by atoms with Crippen molar-refractivity contribution >= 4 is 17.4 Å². The number of hydrogen-bond acceptors (Lipinski definition) is 3. The van der Waals surface area contributed by atoms with Crippen molar-refractivity contribution in [3.63, 3.8) is 0 Å². The highest BCUT2D eigenvalue weighted by Crippen LogP contribution is 2.33. The molecule has 1 atom stereocenters. The maximum atomic E-state index is 12.7. The van der Waals surface area contributed by atoms with Crippen LogP contribution in [0.4, 0.5) is 0 Å². The van der Waals surface area contributed by atoms with Crippen LogP contribution in [0.25, 0.3) is 5.57 Å². The standard InChI is InChI=1S/C16H21N3O3/c1-9(2)10-5-4-6-11-14(10)18(3)16(22)19(11)12-7-8-13(20)17-15(12)21/h5,9,12H,4,6-8H2,1-3H3,(H,17,20,21)/t12-/m0/s1. The van der Waals surface area contributed by atoms with Crippen LogP contribution in [0.1, 0.15) is 50.5 Å². The van der Waals surface area contributed by atoms with Gasteiger partial charge in [-0.25, -0.2) is 4.79 Å². The highest BCUT2D eigenvalue weighted by Gasteiger charge is 2.34. The monoisotopic (exact) mass is 303 g/mol. The number of imide groups is 1. The Bertz CT molecular complexity index is 737. The number of nitrogens with zero attached hydrogens (tertiary/aromatic N) is 2. The van der Waals surface area contributed by atoms with Crippen molar-refractivity contribution < 1.29 is 9.59 Å². The van der Waals surface area contributed by atoms with Gasteiger partial charge in [-0.2, -0.15) is 0 Å². The second-order valence-corrected chi connectivity index (χ2v) is 6.33. The average Bonchev–Trinajstić information content (AvgIpc) is 2.72. The lowest BCUT2D eigenvalue weighted by Gasteiger charge is -2.25. The molecule has 6 nitrogen and oxygen atoms in total. The molecule has 1 aromatic rings. The number of rotatable bonds is 2. The first-order valence-corrected chi connectivity index (χ1v) is 7.76. The summed E-state index contributed by atoms with van der Waals surface area (Å²) in [7, 11) is 1.76. The lowest BCUT2D eigenvalue weighted by atomic mass is 9.91. The maximum Gasteiger partial charge on any atom is 0.329 e. The lowest BCUT2D eigenvalue weighted by molar-refractivity contribution is -0.135. The van der Waals surface area contributed by atoms with Crippen LogP contribution in [0.2, 0.25) is 0 Å². The van der Waals surface area contributed by atoms with E-state index < -0.39 is 6.04 Å². The van der Waals surface area contributed by atoms with Gasteiger partial charge in [0.2, 0.25) is 11.8 Å². The molecule has 0 saturated carbocycles. The van der Waals surface area contributed by atoms with Crippen LogP contribution in [0.3, 0.4) is 0 Å². The molecule has 0 bridgehead atoms. The van der Waals surface area contributed by atoms with Crippen molar-refractivity contribution in [1.29, 1.82) is 0 Å². The van der Waals surface area contributed by atoms with E-state index in [0.717, 1.165) is 29.8 Å². The predicted molar refractivity (Wildman–Crippen MR) is 82.2 cm³/mol. The van der Waals surface area contributed by atoms with E-state index in [9.17, 15) is 14.4 Å². The molecule has 1 N–H and O–H groups in total. The highest BCUT2D eigenvalue weighted by atomic mass is 16.2. The summed E-state index contributed by atoms with van der Waals surface area (Å²) in [6.07, 6.45) is 4.47. The summed E-state index contributed by atoms with van der Waals surface area (Å²) in [5.74, 6) is -0.309. The summed E-state index contributed by atoms with van der Waals surface area (Å²) in [4.78, 5) is 36.2. The molecule has 6 heteroatoms. The fourth-order valence-corrected chi connectivity index (χ4v) is 3.50. The van der Waals surface area contributed by atoms with Gasteiger partial charge in [-0.1, -0.05) is 19.9 Å². The summed E-state index contributed by atoms with van der Waals surface area (Å²) in [6, 6.07) is -0.577. The van der Waals surface area contributed by atoms with Crippen molar-refractivity contribution in [1.82, 2.24) is 14.5 Å². The third-order valence-electron chi connectivity index (χ3n) is 4.56. The van der Waals surface area contributed by atoms with Crippen molar-refractivity contribution in [3.05, 3.63) is 27.9 Å². The Labute approximate surface area is 128 Å². The summed E-state index contributed by atoms with van der Waals surface area (Å²) in [5.41, 5.74) is 2.85.